The Labute approximate surface area is 132 Å². The molecule has 4 nitrogen and oxygen atoms in total. The second-order valence-corrected chi connectivity index (χ2v) is 7.90. The van der Waals surface area contributed by atoms with Crippen LogP contribution in [-0.2, 0) is 0 Å². The quantitative estimate of drug-likeness (QED) is 0.827. The van der Waals surface area contributed by atoms with Gasteiger partial charge in [-0.15, -0.1) is 11.3 Å². The van der Waals surface area contributed by atoms with Gasteiger partial charge in [-0.1, -0.05) is 6.92 Å². The van der Waals surface area contributed by atoms with Gasteiger partial charge in [0.25, 0.3) is 5.91 Å². The Kier molecular flexibility index (Phi) is 4.45. The van der Waals surface area contributed by atoms with Crippen molar-refractivity contribution in [2.24, 2.45) is 0 Å². The Morgan fingerprint density at radius 1 is 1.30 bits per heavy atom. The van der Waals surface area contributed by atoms with Gasteiger partial charge in [-0.05, 0) is 34.6 Å². The molecular formula is C14H20BrN3OS. The number of likely N-dealkylation sites (N-methyl/N-ethyl adjacent to an activating group) is 1. The van der Waals surface area contributed by atoms with Crippen molar-refractivity contribution >= 4 is 33.2 Å². The van der Waals surface area contributed by atoms with Crippen LogP contribution in [-0.4, -0.2) is 72.5 Å². The molecule has 6 heteroatoms. The summed E-state index contributed by atoms with van der Waals surface area (Å²) < 4.78 is 1.02. The summed E-state index contributed by atoms with van der Waals surface area (Å²) in [6, 6.07) is 4.42. The Hall–Kier alpha value is -0.430. The minimum Gasteiger partial charge on any atom is -0.335 e. The predicted molar refractivity (Wildman–Crippen MR) is 85.4 cm³/mol. The van der Waals surface area contributed by atoms with Crippen molar-refractivity contribution < 1.29 is 4.79 Å². The monoisotopic (exact) mass is 357 g/mol. The lowest BCUT2D eigenvalue weighted by Crippen LogP contribution is -2.64. The molecule has 0 saturated carbocycles. The van der Waals surface area contributed by atoms with Crippen LogP contribution in [0.4, 0.5) is 0 Å². The molecular weight excluding hydrogens is 338 g/mol. The van der Waals surface area contributed by atoms with Gasteiger partial charge in [-0.25, -0.2) is 0 Å². The summed E-state index contributed by atoms with van der Waals surface area (Å²) in [5.74, 6) is 0.184. The zero-order valence-electron chi connectivity index (χ0n) is 11.7. The summed E-state index contributed by atoms with van der Waals surface area (Å²) in [5, 5.41) is 0. The molecule has 0 radical (unpaired) electrons. The third-order valence-corrected chi connectivity index (χ3v) is 5.92. The Morgan fingerprint density at radius 2 is 2.00 bits per heavy atom. The number of carbonyl (C=O) groups excluding carboxylic acids is 1. The molecule has 0 atom stereocenters. The smallest absolute Gasteiger partial charge is 0.264 e. The summed E-state index contributed by atoms with van der Waals surface area (Å²) in [5.41, 5.74) is 0. The van der Waals surface area contributed by atoms with Crippen LogP contribution >= 0.6 is 27.3 Å². The maximum absolute atomic E-state index is 12.3. The molecule has 1 amide bonds. The van der Waals surface area contributed by atoms with Crippen LogP contribution in [0.1, 0.15) is 16.6 Å². The fraction of sp³-hybridized carbons (Fsp3) is 0.643. The third-order valence-electron chi connectivity index (χ3n) is 4.30. The van der Waals surface area contributed by atoms with Crippen molar-refractivity contribution in [3.8, 4) is 0 Å². The highest BCUT2D eigenvalue weighted by Gasteiger charge is 2.36. The topological polar surface area (TPSA) is 26.8 Å². The lowest BCUT2D eigenvalue weighted by atomic mass is 10.1. The lowest BCUT2D eigenvalue weighted by Gasteiger charge is -2.48. The summed E-state index contributed by atoms with van der Waals surface area (Å²) in [7, 11) is 0. The molecule has 3 rings (SSSR count). The fourth-order valence-electron chi connectivity index (χ4n) is 2.88. The number of piperazine rings is 1. The van der Waals surface area contributed by atoms with Crippen LogP contribution < -0.4 is 0 Å². The van der Waals surface area contributed by atoms with Gasteiger partial charge >= 0.3 is 0 Å². The van der Waals surface area contributed by atoms with Gasteiger partial charge in [0, 0.05) is 45.3 Å². The lowest BCUT2D eigenvalue weighted by molar-refractivity contribution is 0.00868. The van der Waals surface area contributed by atoms with E-state index in [9.17, 15) is 4.79 Å². The van der Waals surface area contributed by atoms with Crippen LogP contribution in [0.25, 0.3) is 0 Å². The van der Waals surface area contributed by atoms with Crippen molar-refractivity contribution in [2.45, 2.75) is 13.0 Å². The van der Waals surface area contributed by atoms with Crippen LogP contribution in [0.15, 0.2) is 15.9 Å². The Bertz CT molecular complexity index is 479. The van der Waals surface area contributed by atoms with E-state index in [0.29, 0.717) is 6.04 Å². The van der Waals surface area contributed by atoms with E-state index in [1.807, 2.05) is 17.0 Å². The number of hydrogen-bond acceptors (Lipinski definition) is 4. The maximum atomic E-state index is 12.3. The SMILES string of the molecule is CCN1CCN(C2CN(C(=O)c3ccc(Br)s3)C2)CC1. The third kappa shape index (κ3) is 2.93. The first-order valence-corrected chi connectivity index (χ1v) is 8.79. The van der Waals surface area contributed by atoms with Crippen molar-refractivity contribution in [2.75, 3.05) is 45.8 Å². The zero-order valence-corrected chi connectivity index (χ0v) is 14.1. The number of halogens is 1. The van der Waals surface area contributed by atoms with Gasteiger partial charge in [-0.2, -0.15) is 0 Å². The van der Waals surface area contributed by atoms with E-state index in [1.165, 1.54) is 24.4 Å². The van der Waals surface area contributed by atoms with E-state index in [0.717, 1.165) is 41.4 Å². The van der Waals surface area contributed by atoms with E-state index in [4.69, 9.17) is 0 Å². The van der Waals surface area contributed by atoms with Gasteiger partial charge in [0.2, 0.25) is 0 Å². The molecule has 20 heavy (non-hydrogen) atoms. The molecule has 0 spiro atoms. The van der Waals surface area contributed by atoms with Crippen LogP contribution in [0.2, 0.25) is 0 Å². The molecule has 2 fully saturated rings. The molecule has 1 aromatic rings. The van der Waals surface area contributed by atoms with Gasteiger partial charge in [0.05, 0.1) is 8.66 Å². The van der Waals surface area contributed by atoms with E-state index >= 15 is 0 Å². The van der Waals surface area contributed by atoms with E-state index in [2.05, 4.69) is 32.7 Å². The molecule has 0 N–H and O–H groups in total. The van der Waals surface area contributed by atoms with E-state index in [-0.39, 0.29) is 5.91 Å². The summed E-state index contributed by atoms with van der Waals surface area (Å²) >= 11 is 4.93. The molecule has 0 unspecified atom stereocenters. The number of amides is 1. The average Bonchev–Trinajstić information content (AvgIpc) is 2.84. The van der Waals surface area contributed by atoms with Crippen LogP contribution in [0, 0.1) is 0 Å². The van der Waals surface area contributed by atoms with Crippen molar-refractivity contribution in [3.05, 3.63) is 20.8 Å². The van der Waals surface area contributed by atoms with Gasteiger partial charge in [0.15, 0.2) is 0 Å². The number of carbonyl (C=O) groups is 1. The minimum absolute atomic E-state index is 0.184. The molecule has 110 valence electrons. The average molecular weight is 358 g/mol. The maximum Gasteiger partial charge on any atom is 0.264 e. The van der Waals surface area contributed by atoms with Crippen LogP contribution in [0.5, 0.6) is 0 Å². The molecule has 0 aromatic carbocycles. The van der Waals surface area contributed by atoms with Crippen molar-refractivity contribution in [3.63, 3.8) is 0 Å². The van der Waals surface area contributed by atoms with Crippen molar-refractivity contribution in [1.29, 1.82) is 0 Å². The fourth-order valence-corrected chi connectivity index (χ4v) is 4.24. The predicted octanol–water partition coefficient (Wildman–Crippen LogP) is 1.97. The Balaban J connectivity index is 1.48. The van der Waals surface area contributed by atoms with Gasteiger partial charge in [-0.3, -0.25) is 9.69 Å². The van der Waals surface area contributed by atoms with E-state index < -0.39 is 0 Å². The standard InChI is InChI=1S/C14H20BrN3OS/c1-2-16-5-7-17(8-6-16)11-9-18(10-11)14(19)12-3-4-13(15)20-12/h3-4,11H,2,5-10H2,1H3. The molecule has 0 bridgehead atoms. The first-order chi connectivity index (χ1) is 9.67. The molecule has 3 heterocycles. The van der Waals surface area contributed by atoms with Crippen molar-refractivity contribution in [1.82, 2.24) is 14.7 Å². The summed E-state index contributed by atoms with van der Waals surface area (Å²) in [4.78, 5) is 20.1. The highest BCUT2D eigenvalue weighted by Crippen LogP contribution is 2.26. The first-order valence-electron chi connectivity index (χ1n) is 7.18. The van der Waals surface area contributed by atoms with Crippen LogP contribution in [0.3, 0.4) is 0 Å². The van der Waals surface area contributed by atoms with E-state index in [1.54, 1.807) is 0 Å². The molecule has 0 aliphatic carbocycles. The zero-order chi connectivity index (χ0) is 14.1. The number of nitrogens with zero attached hydrogens (tertiary/aromatic N) is 3. The summed E-state index contributed by atoms with van der Waals surface area (Å²) in [6.45, 7) is 9.77. The molecule has 2 aliphatic heterocycles. The number of likely N-dealkylation sites (tertiary alicyclic amines) is 1. The first kappa shape index (κ1) is 14.5. The normalized spacial score (nSPS) is 22.0. The number of thiophene rings is 1. The molecule has 2 aliphatic rings. The highest BCUT2D eigenvalue weighted by molar-refractivity contribution is 9.11. The van der Waals surface area contributed by atoms with Gasteiger partial charge < -0.3 is 9.80 Å². The van der Waals surface area contributed by atoms with Gasteiger partial charge in [0.1, 0.15) is 0 Å². The second kappa shape index (κ2) is 6.13. The number of rotatable bonds is 3. The second-order valence-electron chi connectivity index (χ2n) is 5.44. The summed E-state index contributed by atoms with van der Waals surface area (Å²) in [6.07, 6.45) is 0. The number of hydrogen-bond donors (Lipinski definition) is 0. The molecule has 2 saturated heterocycles. The Morgan fingerprint density at radius 3 is 2.55 bits per heavy atom. The highest BCUT2D eigenvalue weighted by atomic mass is 79.9. The minimum atomic E-state index is 0.184. The molecule has 1 aromatic heterocycles. The largest absolute Gasteiger partial charge is 0.335 e.